The van der Waals surface area contributed by atoms with E-state index >= 15 is 0 Å². The minimum Gasteiger partial charge on any atom is -0.282 e. The zero-order valence-corrected chi connectivity index (χ0v) is 20.1. The number of carbonyl (C=O) groups excluding carboxylic acids is 2. The summed E-state index contributed by atoms with van der Waals surface area (Å²) in [6.07, 6.45) is -1.27. The molecule has 0 aromatic heterocycles. The van der Waals surface area contributed by atoms with Gasteiger partial charge in [0.2, 0.25) is 0 Å². The summed E-state index contributed by atoms with van der Waals surface area (Å²) < 4.78 is 42.9. The number of halogens is 3. The van der Waals surface area contributed by atoms with Gasteiger partial charge >= 0.3 is 6.18 Å². The fourth-order valence-corrected chi connectivity index (χ4v) is 5.35. The van der Waals surface area contributed by atoms with Gasteiger partial charge in [0.25, 0.3) is 11.1 Å². The van der Waals surface area contributed by atoms with E-state index in [0.29, 0.717) is 16.7 Å². The molecule has 0 atom stereocenters. The van der Waals surface area contributed by atoms with Crippen LogP contribution >= 0.6 is 11.8 Å². The van der Waals surface area contributed by atoms with Crippen LogP contribution in [0.1, 0.15) is 68.4 Å². The fraction of sp³-hybridized carbons (Fsp3) is 0.385. The van der Waals surface area contributed by atoms with Crippen LogP contribution in [0.5, 0.6) is 0 Å². The Bertz CT molecular complexity index is 1210. The molecule has 1 fully saturated rings. The minimum atomic E-state index is -4.52. The van der Waals surface area contributed by atoms with E-state index in [4.69, 9.17) is 0 Å². The highest BCUT2D eigenvalue weighted by Crippen LogP contribution is 2.50. The van der Waals surface area contributed by atoms with Crippen molar-refractivity contribution < 1.29 is 22.8 Å². The Morgan fingerprint density at radius 1 is 0.939 bits per heavy atom. The molecular formula is C26H26F3NO2S. The highest BCUT2D eigenvalue weighted by atomic mass is 32.2. The largest absolute Gasteiger partial charge is 0.417 e. The lowest BCUT2D eigenvalue weighted by Gasteiger charge is -2.42. The Labute approximate surface area is 195 Å². The maximum Gasteiger partial charge on any atom is 0.417 e. The lowest BCUT2D eigenvalue weighted by atomic mass is 9.62. The number of hydrogen-bond acceptors (Lipinski definition) is 3. The molecular weight excluding hydrogens is 447 g/mol. The molecule has 4 rings (SSSR count). The quantitative estimate of drug-likeness (QED) is 0.464. The first-order valence-electron chi connectivity index (χ1n) is 10.8. The topological polar surface area (TPSA) is 46.2 Å². The van der Waals surface area contributed by atoms with Gasteiger partial charge in [0.1, 0.15) is 0 Å². The second kappa shape index (κ2) is 7.76. The standard InChI is InChI=1S/C26H26F3NO2S/c1-14-6-7-15(11-21-22(31)30-23(32)33-21)10-16(14)17-12-19-20(13-18(17)26(27,28)29)25(4,5)9-8-24(19,2)3/h6-7,10-13H,8-9H2,1-5H3,(H,30,31,32)/b21-11-. The molecule has 0 bridgehead atoms. The zero-order chi connectivity index (χ0) is 24.3. The lowest BCUT2D eigenvalue weighted by molar-refractivity contribution is -0.137. The third-order valence-corrected chi connectivity index (χ3v) is 7.60. The van der Waals surface area contributed by atoms with Crippen LogP contribution in [0.3, 0.4) is 0 Å². The average Bonchev–Trinajstić information content (AvgIpc) is 3.02. The molecule has 0 spiro atoms. The van der Waals surface area contributed by atoms with Gasteiger partial charge < -0.3 is 0 Å². The van der Waals surface area contributed by atoms with E-state index in [1.807, 2.05) is 13.8 Å². The monoisotopic (exact) mass is 473 g/mol. The van der Waals surface area contributed by atoms with Gasteiger partial charge in [-0.25, -0.2) is 0 Å². The molecule has 1 aliphatic carbocycles. The highest BCUT2D eigenvalue weighted by molar-refractivity contribution is 8.18. The Morgan fingerprint density at radius 2 is 1.55 bits per heavy atom. The summed E-state index contributed by atoms with van der Waals surface area (Å²) in [5, 5.41) is 1.73. The van der Waals surface area contributed by atoms with Crippen LogP contribution in [0, 0.1) is 6.92 Å². The summed E-state index contributed by atoms with van der Waals surface area (Å²) in [5.41, 5.74) is 2.34. The molecule has 1 aliphatic heterocycles. The van der Waals surface area contributed by atoms with Gasteiger partial charge in [0.05, 0.1) is 10.5 Å². The number of amides is 2. The number of thioether (sulfide) groups is 1. The first kappa shape index (κ1) is 23.6. The molecule has 0 unspecified atom stereocenters. The number of alkyl halides is 3. The van der Waals surface area contributed by atoms with Crippen molar-refractivity contribution in [3.63, 3.8) is 0 Å². The van der Waals surface area contributed by atoms with Crippen LogP contribution in [0.2, 0.25) is 0 Å². The number of benzene rings is 2. The molecule has 7 heteroatoms. The summed E-state index contributed by atoms with van der Waals surface area (Å²) in [4.78, 5) is 23.6. The molecule has 174 valence electrons. The van der Waals surface area contributed by atoms with Gasteiger partial charge in [0, 0.05) is 0 Å². The van der Waals surface area contributed by atoms with E-state index in [1.165, 1.54) is 12.1 Å². The van der Waals surface area contributed by atoms with E-state index < -0.39 is 22.9 Å². The van der Waals surface area contributed by atoms with Crippen molar-refractivity contribution in [3.8, 4) is 11.1 Å². The first-order chi connectivity index (χ1) is 15.2. The van der Waals surface area contributed by atoms with Gasteiger partial charge in [0.15, 0.2) is 0 Å². The number of nitrogens with one attached hydrogen (secondary N) is 1. The Balaban J connectivity index is 1.95. The van der Waals surface area contributed by atoms with Gasteiger partial charge in [-0.1, -0.05) is 39.8 Å². The second-order valence-corrected chi connectivity index (χ2v) is 11.2. The predicted molar refractivity (Wildman–Crippen MR) is 126 cm³/mol. The van der Waals surface area contributed by atoms with Gasteiger partial charge in [-0.05, 0) is 100 Å². The van der Waals surface area contributed by atoms with Crippen molar-refractivity contribution in [2.45, 2.75) is 64.5 Å². The number of imide groups is 1. The SMILES string of the molecule is Cc1ccc(/C=C2\SC(=O)NC2=O)cc1-c1cc2c(cc1C(F)(F)F)C(C)(C)CCC2(C)C. The van der Waals surface area contributed by atoms with Crippen LogP contribution in [-0.4, -0.2) is 11.1 Å². The number of carbonyl (C=O) groups is 2. The van der Waals surface area contributed by atoms with Crippen molar-refractivity contribution >= 4 is 29.0 Å². The number of hydrogen-bond donors (Lipinski definition) is 1. The van der Waals surface area contributed by atoms with E-state index in [1.54, 1.807) is 31.2 Å². The van der Waals surface area contributed by atoms with Gasteiger partial charge in [-0.15, -0.1) is 0 Å². The van der Waals surface area contributed by atoms with Crippen molar-refractivity contribution in [3.05, 3.63) is 63.1 Å². The Kier molecular flexibility index (Phi) is 5.55. The van der Waals surface area contributed by atoms with E-state index in [9.17, 15) is 22.8 Å². The average molecular weight is 474 g/mol. The molecule has 2 aromatic carbocycles. The smallest absolute Gasteiger partial charge is 0.282 e. The third-order valence-electron chi connectivity index (χ3n) is 6.79. The van der Waals surface area contributed by atoms with E-state index in [-0.39, 0.29) is 21.3 Å². The van der Waals surface area contributed by atoms with Crippen molar-refractivity contribution in [2.24, 2.45) is 0 Å². The van der Waals surface area contributed by atoms with Gasteiger partial charge in [-0.3, -0.25) is 14.9 Å². The molecule has 0 radical (unpaired) electrons. The molecule has 2 aliphatic rings. The van der Waals surface area contributed by atoms with Crippen LogP contribution in [0.4, 0.5) is 18.0 Å². The Hall–Kier alpha value is -2.54. The number of fused-ring (bicyclic) bond motifs is 1. The predicted octanol–water partition coefficient (Wildman–Crippen LogP) is 7.35. The number of aryl methyl sites for hydroxylation is 1. The summed E-state index contributed by atoms with van der Waals surface area (Å²) in [7, 11) is 0. The molecule has 1 N–H and O–H groups in total. The maximum atomic E-state index is 14.3. The molecule has 3 nitrogen and oxygen atoms in total. The van der Waals surface area contributed by atoms with E-state index in [2.05, 4.69) is 19.2 Å². The molecule has 2 amide bonds. The second-order valence-electron chi connectivity index (χ2n) is 10.1. The molecule has 1 saturated heterocycles. The molecule has 0 saturated carbocycles. The number of rotatable bonds is 2. The summed E-state index contributed by atoms with van der Waals surface area (Å²) in [6, 6.07) is 8.21. The summed E-state index contributed by atoms with van der Waals surface area (Å²) in [5.74, 6) is -0.499. The normalized spacial score (nSPS) is 20.7. The van der Waals surface area contributed by atoms with Crippen LogP contribution in [-0.2, 0) is 21.8 Å². The minimum absolute atomic E-state index is 0.143. The molecule has 33 heavy (non-hydrogen) atoms. The Morgan fingerprint density at radius 3 is 2.09 bits per heavy atom. The third kappa shape index (κ3) is 4.35. The molecule has 2 aromatic rings. The van der Waals surface area contributed by atoms with Crippen molar-refractivity contribution in [2.75, 3.05) is 0 Å². The maximum absolute atomic E-state index is 14.3. The summed E-state index contributed by atoms with van der Waals surface area (Å²) in [6.45, 7) is 9.95. The zero-order valence-electron chi connectivity index (χ0n) is 19.2. The highest BCUT2D eigenvalue weighted by Gasteiger charge is 2.42. The van der Waals surface area contributed by atoms with Crippen molar-refractivity contribution in [1.82, 2.24) is 5.32 Å². The van der Waals surface area contributed by atoms with Crippen LogP contribution in [0.15, 0.2) is 35.2 Å². The van der Waals surface area contributed by atoms with Crippen LogP contribution < -0.4 is 5.32 Å². The van der Waals surface area contributed by atoms with Gasteiger partial charge in [-0.2, -0.15) is 13.2 Å². The van der Waals surface area contributed by atoms with E-state index in [0.717, 1.165) is 35.7 Å². The lowest BCUT2D eigenvalue weighted by Crippen LogP contribution is -2.34. The fourth-order valence-electron chi connectivity index (χ4n) is 4.66. The first-order valence-corrected chi connectivity index (χ1v) is 11.6. The molecule has 1 heterocycles. The summed E-state index contributed by atoms with van der Waals surface area (Å²) >= 11 is 0.781. The van der Waals surface area contributed by atoms with Crippen molar-refractivity contribution in [1.29, 1.82) is 0 Å². The van der Waals surface area contributed by atoms with Crippen LogP contribution in [0.25, 0.3) is 17.2 Å².